The van der Waals surface area contributed by atoms with Crippen LogP contribution in [0.4, 0.5) is 5.69 Å². The van der Waals surface area contributed by atoms with Gasteiger partial charge in [0.05, 0.1) is 4.90 Å². The summed E-state index contributed by atoms with van der Waals surface area (Å²) in [5.74, 6) is 0. The number of nitrogen functional groups attached to an aromatic ring is 1. The summed E-state index contributed by atoms with van der Waals surface area (Å²) in [6.07, 6.45) is 3.40. The van der Waals surface area contributed by atoms with E-state index in [9.17, 15) is 8.42 Å². The topological polar surface area (TPSA) is 66.6 Å². The van der Waals surface area contributed by atoms with Gasteiger partial charge in [0.1, 0.15) is 0 Å². The second kappa shape index (κ2) is 5.59. The van der Waals surface area contributed by atoms with Gasteiger partial charge in [-0.1, -0.05) is 0 Å². The van der Waals surface area contributed by atoms with Gasteiger partial charge < -0.3 is 5.73 Å². The molecule has 2 fully saturated rings. The zero-order valence-electron chi connectivity index (χ0n) is 12.5. The van der Waals surface area contributed by atoms with Crippen molar-refractivity contribution in [3.05, 3.63) is 23.8 Å². The third kappa shape index (κ3) is 2.93. The quantitative estimate of drug-likeness (QED) is 0.858. The van der Waals surface area contributed by atoms with Crippen molar-refractivity contribution in [3.63, 3.8) is 0 Å². The number of hydrogen-bond acceptors (Lipinski definition) is 4. The summed E-state index contributed by atoms with van der Waals surface area (Å²) in [6, 6.07) is 5.43. The van der Waals surface area contributed by atoms with E-state index in [1.165, 1.54) is 12.8 Å². The largest absolute Gasteiger partial charge is 0.399 e. The van der Waals surface area contributed by atoms with Crippen LogP contribution in [0.5, 0.6) is 0 Å². The second-order valence-corrected chi connectivity index (χ2v) is 8.07. The highest BCUT2D eigenvalue weighted by molar-refractivity contribution is 7.89. The van der Waals surface area contributed by atoms with Crippen molar-refractivity contribution < 1.29 is 8.42 Å². The highest BCUT2D eigenvalue weighted by Crippen LogP contribution is 2.27. The van der Waals surface area contributed by atoms with E-state index < -0.39 is 10.0 Å². The molecule has 6 heteroatoms. The van der Waals surface area contributed by atoms with Crippen molar-refractivity contribution >= 4 is 15.7 Å². The molecule has 1 aromatic carbocycles. The Bertz CT molecular complexity index is 604. The Morgan fingerprint density at radius 1 is 1.14 bits per heavy atom. The molecule has 5 nitrogen and oxygen atoms in total. The van der Waals surface area contributed by atoms with Gasteiger partial charge in [-0.05, 0) is 63.0 Å². The minimum Gasteiger partial charge on any atom is -0.399 e. The van der Waals surface area contributed by atoms with Crippen LogP contribution in [-0.4, -0.2) is 49.8 Å². The molecular formula is C15H23N3O2S. The van der Waals surface area contributed by atoms with Gasteiger partial charge in [0.25, 0.3) is 0 Å². The van der Waals surface area contributed by atoms with Gasteiger partial charge in [-0.15, -0.1) is 0 Å². The number of benzene rings is 1. The SMILES string of the molecule is Cc1cc(N)cc(S(=O)(=O)N2CCC(N3CCCC3)C2)c1. The summed E-state index contributed by atoms with van der Waals surface area (Å²) in [5, 5.41) is 0. The summed E-state index contributed by atoms with van der Waals surface area (Å²) >= 11 is 0. The van der Waals surface area contributed by atoms with Gasteiger partial charge in [0.2, 0.25) is 10.0 Å². The third-order valence-corrected chi connectivity index (χ3v) is 6.34. The summed E-state index contributed by atoms with van der Waals surface area (Å²) in [5.41, 5.74) is 7.17. The lowest BCUT2D eigenvalue weighted by Gasteiger charge is -2.23. The van der Waals surface area contributed by atoms with E-state index in [1.54, 1.807) is 22.5 Å². The highest BCUT2D eigenvalue weighted by Gasteiger charge is 2.36. The second-order valence-electron chi connectivity index (χ2n) is 6.13. The number of nitrogens with two attached hydrogens (primary N) is 1. The Hall–Kier alpha value is -1.11. The molecule has 2 aliphatic rings. The Morgan fingerprint density at radius 2 is 1.86 bits per heavy atom. The van der Waals surface area contributed by atoms with Crippen LogP contribution in [0.2, 0.25) is 0 Å². The lowest BCUT2D eigenvalue weighted by atomic mass is 10.2. The number of nitrogens with zero attached hydrogens (tertiary/aromatic N) is 2. The lowest BCUT2D eigenvalue weighted by molar-refractivity contribution is 0.251. The predicted octanol–water partition coefficient (Wildman–Crippen LogP) is 1.44. The van der Waals surface area contributed by atoms with E-state index in [0.717, 1.165) is 25.1 Å². The molecule has 0 bridgehead atoms. The van der Waals surface area contributed by atoms with Crippen LogP contribution in [0.15, 0.2) is 23.1 Å². The molecule has 2 aliphatic heterocycles. The van der Waals surface area contributed by atoms with Gasteiger partial charge >= 0.3 is 0 Å². The molecule has 2 heterocycles. The Morgan fingerprint density at radius 3 is 2.52 bits per heavy atom. The maximum atomic E-state index is 12.8. The maximum Gasteiger partial charge on any atom is 0.243 e. The van der Waals surface area contributed by atoms with Crippen molar-refractivity contribution in [2.45, 2.75) is 37.1 Å². The van der Waals surface area contributed by atoms with Crippen molar-refractivity contribution in [1.29, 1.82) is 0 Å². The smallest absolute Gasteiger partial charge is 0.243 e. The molecular weight excluding hydrogens is 286 g/mol. The Balaban J connectivity index is 1.79. The first-order valence-electron chi connectivity index (χ1n) is 7.58. The molecule has 2 saturated heterocycles. The predicted molar refractivity (Wildman–Crippen MR) is 83.6 cm³/mol. The molecule has 0 amide bonds. The minimum atomic E-state index is -3.42. The zero-order valence-corrected chi connectivity index (χ0v) is 13.3. The first-order valence-corrected chi connectivity index (χ1v) is 9.02. The number of likely N-dealkylation sites (tertiary alicyclic amines) is 1. The van der Waals surface area contributed by atoms with E-state index in [4.69, 9.17) is 5.73 Å². The van der Waals surface area contributed by atoms with Gasteiger partial charge in [0, 0.05) is 24.8 Å². The third-order valence-electron chi connectivity index (χ3n) is 4.49. The van der Waals surface area contributed by atoms with Crippen LogP contribution in [0.1, 0.15) is 24.8 Å². The summed E-state index contributed by atoms with van der Waals surface area (Å²) in [7, 11) is -3.42. The molecule has 1 atom stereocenters. The van der Waals surface area contributed by atoms with E-state index >= 15 is 0 Å². The van der Waals surface area contributed by atoms with Gasteiger partial charge in [-0.25, -0.2) is 8.42 Å². The van der Waals surface area contributed by atoms with E-state index in [1.807, 2.05) is 6.92 Å². The number of hydrogen-bond donors (Lipinski definition) is 1. The van der Waals surface area contributed by atoms with Crippen molar-refractivity contribution in [2.75, 3.05) is 31.9 Å². The zero-order chi connectivity index (χ0) is 15.0. The molecule has 21 heavy (non-hydrogen) atoms. The molecule has 0 aromatic heterocycles. The molecule has 0 radical (unpaired) electrons. The first-order chi connectivity index (χ1) is 9.96. The van der Waals surface area contributed by atoms with Crippen molar-refractivity contribution in [3.8, 4) is 0 Å². The van der Waals surface area contributed by atoms with Crippen LogP contribution in [0.25, 0.3) is 0 Å². The average molecular weight is 309 g/mol. The van der Waals surface area contributed by atoms with Crippen LogP contribution < -0.4 is 5.73 Å². The summed E-state index contributed by atoms with van der Waals surface area (Å²) < 4.78 is 27.1. The molecule has 1 aromatic rings. The van der Waals surface area contributed by atoms with Crippen LogP contribution in [0, 0.1) is 6.92 Å². The molecule has 116 valence electrons. The van der Waals surface area contributed by atoms with E-state index in [0.29, 0.717) is 29.7 Å². The molecule has 0 spiro atoms. The fraction of sp³-hybridized carbons (Fsp3) is 0.600. The monoisotopic (exact) mass is 309 g/mol. The summed E-state index contributed by atoms with van der Waals surface area (Å²) in [4.78, 5) is 2.75. The van der Waals surface area contributed by atoms with Crippen LogP contribution in [0.3, 0.4) is 0 Å². The van der Waals surface area contributed by atoms with Gasteiger partial charge in [-0.3, -0.25) is 4.90 Å². The molecule has 3 rings (SSSR count). The maximum absolute atomic E-state index is 12.8. The van der Waals surface area contributed by atoms with E-state index in [-0.39, 0.29) is 0 Å². The average Bonchev–Trinajstić information content (AvgIpc) is 3.09. The normalized spacial score (nSPS) is 24.7. The van der Waals surface area contributed by atoms with Gasteiger partial charge in [0.15, 0.2) is 0 Å². The molecule has 0 saturated carbocycles. The highest BCUT2D eigenvalue weighted by atomic mass is 32.2. The molecule has 0 aliphatic carbocycles. The van der Waals surface area contributed by atoms with Crippen LogP contribution in [-0.2, 0) is 10.0 Å². The number of aryl methyl sites for hydroxylation is 1. The number of sulfonamides is 1. The molecule has 1 unspecified atom stereocenters. The first kappa shape index (κ1) is 14.8. The fourth-order valence-corrected chi connectivity index (χ4v) is 5.04. The Kier molecular flexibility index (Phi) is 3.94. The van der Waals surface area contributed by atoms with Gasteiger partial charge in [-0.2, -0.15) is 4.31 Å². The number of anilines is 1. The van der Waals surface area contributed by atoms with E-state index in [2.05, 4.69) is 4.90 Å². The van der Waals surface area contributed by atoms with Crippen molar-refractivity contribution in [2.24, 2.45) is 0 Å². The standard InChI is InChI=1S/C15H23N3O2S/c1-12-8-13(16)10-15(9-12)21(19,20)18-7-4-14(11-18)17-5-2-3-6-17/h8-10,14H,2-7,11,16H2,1H3. The Labute approximate surface area is 126 Å². The summed E-state index contributed by atoms with van der Waals surface area (Å²) in [6.45, 7) is 5.30. The number of rotatable bonds is 3. The minimum absolute atomic E-state index is 0.321. The fourth-order valence-electron chi connectivity index (χ4n) is 3.41. The van der Waals surface area contributed by atoms with Crippen LogP contribution >= 0.6 is 0 Å². The lowest BCUT2D eigenvalue weighted by Crippen LogP contribution is -2.37. The molecule has 2 N–H and O–H groups in total. The van der Waals surface area contributed by atoms with Crippen molar-refractivity contribution in [1.82, 2.24) is 9.21 Å².